The third kappa shape index (κ3) is 7.31. The number of aromatic amines is 1. The highest BCUT2D eigenvalue weighted by atomic mass is 16.5. The third-order valence-electron chi connectivity index (χ3n) is 14.1. The fourth-order valence-electron chi connectivity index (χ4n) is 10.9. The van der Waals surface area contributed by atoms with Crippen LogP contribution in [0.15, 0.2) is 84.0 Å². The number of ether oxygens (including phenoxy) is 3. The maximum atomic E-state index is 14.3. The van der Waals surface area contributed by atoms with E-state index in [0.29, 0.717) is 36.9 Å². The Morgan fingerprint density at radius 1 is 0.859 bits per heavy atom. The molecule has 0 radical (unpaired) electrons. The van der Waals surface area contributed by atoms with E-state index in [2.05, 4.69) is 63.0 Å². The lowest BCUT2D eigenvalue weighted by Gasteiger charge is -2.34. The second-order valence-corrected chi connectivity index (χ2v) is 18.0. The number of methoxy groups -OCH3 is 2. The summed E-state index contributed by atoms with van der Waals surface area (Å²) < 4.78 is 16.3. The second kappa shape index (κ2) is 16.8. The largest absolute Gasteiger partial charge is 0.488 e. The van der Waals surface area contributed by atoms with Crippen molar-refractivity contribution in [2.24, 2.45) is 16.8 Å². The number of aromatic nitrogens is 2. The Hall–Kier alpha value is -6.70. The summed E-state index contributed by atoms with van der Waals surface area (Å²) in [4.78, 5) is 70.3. The summed E-state index contributed by atoms with van der Waals surface area (Å²) >= 11 is 0. The van der Waals surface area contributed by atoms with Crippen molar-refractivity contribution in [2.75, 3.05) is 20.8 Å². The van der Waals surface area contributed by atoms with E-state index in [1.165, 1.54) is 14.2 Å². The quantitative estimate of drug-likeness (QED) is 0.133. The van der Waals surface area contributed by atoms with E-state index in [1.807, 2.05) is 50.4 Å². The molecule has 4 aromatic carbocycles. The first-order valence-corrected chi connectivity index (χ1v) is 22.4. The fourth-order valence-corrected chi connectivity index (χ4v) is 10.9. The molecule has 14 nitrogen and oxygen atoms in total. The van der Waals surface area contributed by atoms with E-state index in [0.717, 1.165) is 100.0 Å². The summed E-state index contributed by atoms with van der Waals surface area (Å²) in [5.74, 6) is 1.56. The minimum absolute atomic E-state index is 0.0587. The molecule has 10 rings (SSSR count). The van der Waals surface area contributed by atoms with Crippen LogP contribution in [0.4, 0.5) is 15.3 Å². The number of fused-ring (bicyclic) bond motifs is 7. The molecule has 0 spiro atoms. The van der Waals surface area contributed by atoms with Gasteiger partial charge in [0.1, 0.15) is 30.3 Å². The molecule has 6 atom stereocenters. The number of likely N-dealkylation sites (tertiary alicyclic amines) is 2. The molecule has 4 amide bonds. The molecule has 64 heavy (non-hydrogen) atoms. The zero-order chi connectivity index (χ0) is 44.2. The smallest absolute Gasteiger partial charge is 0.407 e. The van der Waals surface area contributed by atoms with Gasteiger partial charge in [-0.1, -0.05) is 68.8 Å². The predicted octanol–water partition coefficient (Wildman–Crippen LogP) is 8.33. The highest BCUT2D eigenvalue weighted by Crippen LogP contribution is 2.47. The number of rotatable bonds is 9. The average molecular weight is 864 g/mol. The molecule has 1 aliphatic carbocycles. The van der Waals surface area contributed by atoms with Crippen LogP contribution >= 0.6 is 0 Å². The summed E-state index contributed by atoms with van der Waals surface area (Å²) in [5.41, 5.74) is 8.74. The Morgan fingerprint density at radius 3 is 2.47 bits per heavy atom. The minimum Gasteiger partial charge on any atom is -0.488 e. The van der Waals surface area contributed by atoms with Crippen LogP contribution in [-0.2, 0) is 32.1 Å². The molecule has 1 saturated carbocycles. The van der Waals surface area contributed by atoms with Crippen molar-refractivity contribution in [3.8, 4) is 28.1 Å². The van der Waals surface area contributed by atoms with Crippen molar-refractivity contribution in [1.29, 1.82) is 0 Å². The Labute approximate surface area is 371 Å². The summed E-state index contributed by atoms with van der Waals surface area (Å²) in [6.45, 7) is 4.85. The summed E-state index contributed by atoms with van der Waals surface area (Å²) in [6.07, 6.45) is 6.78. The standard InChI is InChI=1S/C50H53N7O7/c1-27(2)44(54-49(60)62-3)48(59)57-40-13-8-12-31(40)22-42(57)38-23-35-34-24-43-36(21-29(34)16-18-37(35)52-38)33-17-15-30(20-32(33)26-64-43)39-25-51-46(53-39)41-14-9-19-56(41)47(58)45(55-50(61)63-4)28-10-6-5-7-11-28/h5-7,10-11,15-18,20-21,24-25,27,31,40-42,44-45H,8-9,12-14,19,22-23,26H2,1-4H3,(H,51,53)(H,54,60)(H,55,61)/t31-,40-,41?,42-,44-,45+/m0/s1. The zero-order valence-corrected chi connectivity index (χ0v) is 36.6. The van der Waals surface area contributed by atoms with Crippen molar-refractivity contribution in [3.63, 3.8) is 0 Å². The summed E-state index contributed by atoms with van der Waals surface area (Å²) in [6, 6.07) is 22.3. The maximum absolute atomic E-state index is 14.3. The van der Waals surface area contributed by atoms with Crippen molar-refractivity contribution < 1.29 is 33.4 Å². The highest BCUT2D eigenvalue weighted by molar-refractivity contribution is 6.07. The Kier molecular flexibility index (Phi) is 10.8. The number of carbonyl (C=O) groups is 4. The van der Waals surface area contributed by atoms with Crippen LogP contribution in [0, 0.1) is 11.8 Å². The number of nitrogens with one attached hydrogen (secondary N) is 3. The number of benzene rings is 4. The first kappa shape index (κ1) is 41.3. The number of amides is 4. The lowest BCUT2D eigenvalue weighted by Crippen LogP contribution is -2.56. The molecule has 0 bridgehead atoms. The maximum Gasteiger partial charge on any atom is 0.407 e. The van der Waals surface area contributed by atoms with Crippen LogP contribution < -0.4 is 15.4 Å². The fraction of sp³-hybridized carbons (Fsp3) is 0.400. The van der Waals surface area contributed by atoms with Gasteiger partial charge in [0.25, 0.3) is 5.91 Å². The number of hydrogen-bond acceptors (Lipinski definition) is 9. The topological polar surface area (TPSA) is 168 Å². The van der Waals surface area contributed by atoms with Crippen LogP contribution in [0.5, 0.6) is 5.75 Å². The normalized spacial score (nSPS) is 21.6. The van der Waals surface area contributed by atoms with E-state index in [1.54, 1.807) is 4.90 Å². The van der Waals surface area contributed by atoms with Crippen LogP contribution in [0.25, 0.3) is 33.2 Å². The van der Waals surface area contributed by atoms with Crippen LogP contribution in [0.2, 0.25) is 0 Å². The van der Waals surface area contributed by atoms with Gasteiger partial charge in [-0.3, -0.25) is 14.6 Å². The van der Waals surface area contributed by atoms with Gasteiger partial charge in [-0.25, -0.2) is 14.6 Å². The molecule has 3 fully saturated rings. The Balaban J connectivity index is 0.878. The third-order valence-corrected chi connectivity index (χ3v) is 14.1. The van der Waals surface area contributed by atoms with Crippen molar-refractivity contribution in [1.82, 2.24) is 30.4 Å². The van der Waals surface area contributed by atoms with Crippen molar-refractivity contribution >= 4 is 46.2 Å². The summed E-state index contributed by atoms with van der Waals surface area (Å²) in [5, 5.41) is 7.74. The molecule has 5 aromatic rings. The number of H-pyrrole nitrogens is 1. The molecular formula is C50H53N7O7. The van der Waals surface area contributed by atoms with Crippen LogP contribution in [-0.4, -0.2) is 88.4 Å². The Bertz CT molecular complexity index is 2700. The van der Waals surface area contributed by atoms with Crippen LogP contribution in [0.3, 0.4) is 0 Å². The predicted molar refractivity (Wildman–Crippen MR) is 241 cm³/mol. The van der Waals surface area contributed by atoms with Gasteiger partial charge in [-0.15, -0.1) is 0 Å². The lowest BCUT2D eigenvalue weighted by molar-refractivity contribution is -0.136. The molecule has 2 saturated heterocycles. The van der Waals surface area contributed by atoms with E-state index in [9.17, 15) is 19.2 Å². The van der Waals surface area contributed by atoms with Crippen LogP contribution in [0.1, 0.15) is 87.0 Å². The molecule has 4 aliphatic heterocycles. The molecular weight excluding hydrogens is 811 g/mol. The number of carbonyl (C=O) groups excluding carboxylic acids is 4. The molecule has 1 unspecified atom stereocenters. The van der Waals surface area contributed by atoms with E-state index in [4.69, 9.17) is 24.2 Å². The molecule has 330 valence electrons. The SMILES string of the molecule is COC(=O)N[C@H](C(=O)N1[C@H](C2=Nc3ccc4cc5c(cc4c3C2)OCc2cc(-c3cnc(C4CCCN4C(=O)[C@H](NC(=O)OC)c4ccccc4)[nH]3)ccc2-5)C[C@@H]2CCC[C@@H]21)C(C)C. The van der Waals surface area contributed by atoms with Gasteiger partial charge >= 0.3 is 12.2 Å². The molecule has 3 N–H and O–H groups in total. The number of imidazole rings is 1. The minimum atomic E-state index is -0.891. The number of hydrogen-bond donors (Lipinski definition) is 3. The van der Waals surface area contributed by atoms with Gasteiger partial charge < -0.3 is 39.6 Å². The molecule has 1 aromatic heterocycles. The second-order valence-electron chi connectivity index (χ2n) is 18.0. The van der Waals surface area contributed by atoms with Gasteiger partial charge in [0, 0.05) is 30.3 Å². The zero-order valence-electron chi connectivity index (χ0n) is 36.6. The first-order valence-electron chi connectivity index (χ1n) is 22.4. The average Bonchev–Trinajstić information content (AvgIpc) is 4.17. The van der Waals surface area contributed by atoms with Crippen molar-refractivity contribution in [3.05, 3.63) is 102 Å². The van der Waals surface area contributed by atoms with Gasteiger partial charge in [0.15, 0.2) is 0 Å². The first-order chi connectivity index (χ1) is 31.1. The molecule has 5 aliphatic rings. The van der Waals surface area contributed by atoms with Gasteiger partial charge in [0.2, 0.25) is 5.91 Å². The highest BCUT2D eigenvalue weighted by Gasteiger charge is 2.50. The number of alkyl carbamates (subject to hydrolysis) is 2. The van der Waals surface area contributed by atoms with Crippen molar-refractivity contribution in [2.45, 2.75) is 95.6 Å². The van der Waals surface area contributed by atoms with E-state index >= 15 is 0 Å². The van der Waals surface area contributed by atoms with E-state index in [-0.39, 0.29) is 35.9 Å². The van der Waals surface area contributed by atoms with E-state index < -0.39 is 24.3 Å². The lowest BCUT2D eigenvalue weighted by atomic mass is 9.90. The molecule has 14 heteroatoms. The molecule has 5 heterocycles. The van der Waals surface area contributed by atoms with Gasteiger partial charge in [0.05, 0.1) is 43.9 Å². The Morgan fingerprint density at radius 2 is 1.67 bits per heavy atom. The monoisotopic (exact) mass is 863 g/mol. The van der Waals surface area contributed by atoms with Gasteiger partial charge in [-0.05, 0) is 107 Å². The van der Waals surface area contributed by atoms with Gasteiger partial charge in [-0.2, -0.15) is 0 Å². The number of aliphatic imine (C=N–C) groups is 1. The summed E-state index contributed by atoms with van der Waals surface area (Å²) in [7, 11) is 2.61. The number of nitrogens with zero attached hydrogens (tertiary/aromatic N) is 4.